The van der Waals surface area contributed by atoms with E-state index in [1.807, 2.05) is 0 Å². The number of likely N-dealkylation sites (N-methyl/N-ethyl adjacent to an activating group) is 1. The fraction of sp³-hybridized carbons (Fsp3) is 0.625. The Morgan fingerprint density at radius 3 is 2.58 bits per heavy atom. The summed E-state index contributed by atoms with van der Waals surface area (Å²) in [5, 5.41) is 0. The zero-order valence-corrected chi connectivity index (χ0v) is 12.1. The van der Waals surface area contributed by atoms with Gasteiger partial charge in [-0.2, -0.15) is 0 Å². The van der Waals surface area contributed by atoms with Gasteiger partial charge >= 0.3 is 0 Å². The lowest BCUT2D eigenvalue weighted by Crippen LogP contribution is -2.23. The van der Waals surface area contributed by atoms with E-state index >= 15 is 0 Å². The Morgan fingerprint density at radius 1 is 1.32 bits per heavy atom. The van der Waals surface area contributed by atoms with E-state index < -0.39 is 0 Å². The summed E-state index contributed by atoms with van der Waals surface area (Å²) in [5.74, 6) is 0.847. The molecule has 1 aliphatic rings. The van der Waals surface area contributed by atoms with Gasteiger partial charge in [0, 0.05) is 31.9 Å². The highest BCUT2D eigenvalue weighted by molar-refractivity contribution is 5.47. The number of benzene rings is 1. The van der Waals surface area contributed by atoms with Crippen LogP contribution in [0.1, 0.15) is 37.8 Å². The Bertz CT molecular complexity index is 373. The van der Waals surface area contributed by atoms with Crippen LogP contribution in [0.3, 0.4) is 0 Å². The van der Waals surface area contributed by atoms with Crippen LogP contribution in [0.5, 0.6) is 0 Å². The molecule has 3 heteroatoms. The molecule has 1 atom stereocenters. The molecule has 1 aliphatic carbocycles. The van der Waals surface area contributed by atoms with Crippen LogP contribution < -0.4 is 10.6 Å². The molecule has 0 saturated heterocycles. The standard InChI is InChI=1S/C16H26N2O/c1-3-16(17)14-6-8-15(9-7-14)18(2)10-11-19-12-13-4-5-13/h6-9,13,16H,3-5,10-12,17H2,1-2H3/t16-/m0/s1. The Labute approximate surface area is 116 Å². The normalized spacial score (nSPS) is 16.4. The maximum Gasteiger partial charge on any atom is 0.0641 e. The predicted molar refractivity (Wildman–Crippen MR) is 80.5 cm³/mol. The van der Waals surface area contributed by atoms with Crippen molar-refractivity contribution in [2.45, 2.75) is 32.2 Å². The summed E-state index contributed by atoms with van der Waals surface area (Å²) in [7, 11) is 2.11. The topological polar surface area (TPSA) is 38.5 Å². The first-order chi connectivity index (χ1) is 9.20. The molecule has 106 valence electrons. The van der Waals surface area contributed by atoms with Crippen LogP contribution in [0.2, 0.25) is 0 Å². The molecule has 0 aliphatic heterocycles. The molecule has 0 aromatic heterocycles. The van der Waals surface area contributed by atoms with Crippen molar-refractivity contribution in [1.82, 2.24) is 0 Å². The lowest BCUT2D eigenvalue weighted by Gasteiger charge is -2.20. The van der Waals surface area contributed by atoms with Gasteiger partial charge in [0.25, 0.3) is 0 Å². The van der Waals surface area contributed by atoms with Crippen molar-refractivity contribution in [2.24, 2.45) is 11.7 Å². The molecule has 0 unspecified atom stereocenters. The molecule has 2 N–H and O–H groups in total. The minimum absolute atomic E-state index is 0.154. The van der Waals surface area contributed by atoms with Gasteiger partial charge in [-0.25, -0.2) is 0 Å². The van der Waals surface area contributed by atoms with Crippen LogP contribution in [0.15, 0.2) is 24.3 Å². The van der Waals surface area contributed by atoms with Crippen molar-refractivity contribution in [1.29, 1.82) is 0 Å². The third kappa shape index (κ3) is 4.51. The zero-order chi connectivity index (χ0) is 13.7. The zero-order valence-electron chi connectivity index (χ0n) is 12.1. The van der Waals surface area contributed by atoms with E-state index in [4.69, 9.17) is 10.5 Å². The van der Waals surface area contributed by atoms with E-state index in [1.165, 1.54) is 24.1 Å². The number of ether oxygens (including phenoxy) is 1. The minimum atomic E-state index is 0.154. The van der Waals surface area contributed by atoms with E-state index in [2.05, 4.69) is 43.1 Å². The summed E-state index contributed by atoms with van der Waals surface area (Å²) in [6.07, 6.45) is 3.69. The molecule has 1 aromatic carbocycles. The maximum atomic E-state index is 6.02. The first kappa shape index (κ1) is 14.4. The minimum Gasteiger partial charge on any atom is -0.379 e. The lowest BCUT2D eigenvalue weighted by atomic mass is 10.1. The highest BCUT2D eigenvalue weighted by Crippen LogP contribution is 2.28. The number of anilines is 1. The first-order valence-electron chi connectivity index (χ1n) is 7.35. The van der Waals surface area contributed by atoms with Gasteiger partial charge in [-0.3, -0.25) is 0 Å². The van der Waals surface area contributed by atoms with Gasteiger partial charge in [-0.1, -0.05) is 19.1 Å². The van der Waals surface area contributed by atoms with Crippen LogP contribution in [0.4, 0.5) is 5.69 Å². The molecule has 1 aromatic rings. The van der Waals surface area contributed by atoms with Gasteiger partial charge in [-0.15, -0.1) is 0 Å². The summed E-state index contributed by atoms with van der Waals surface area (Å²) in [5.41, 5.74) is 8.46. The van der Waals surface area contributed by atoms with E-state index in [9.17, 15) is 0 Å². The fourth-order valence-electron chi connectivity index (χ4n) is 2.08. The largest absolute Gasteiger partial charge is 0.379 e. The van der Waals surface area contributed by atoms with Crippen molar-refractivity contribution in [3.05, 3.63) is 29.8 Å². The molecule has 1 fully saturated rings. The Balaban J connectivity index is 1.75. The van der Waals surface area contributed by atoms with Gasteiger partial charge in [0.1, 0.15) is 0 Å². The summed E-state index contributed by atoms with van der Waals surface area (Å²) in [4.78, 5) is 2.23. The highest BCUT2D eigenvalue weighted by Gasteiger charge is 2.20. The van der Waals surface area contributed by atoms with E-state index in [-0.39, 0.29) is 6.04 Å². The number of nitrogens with two attached hydrogens (primary N) is 1. The molecule has 19 heavy (non-hydrogen) atoms. The van der Waals surface area contributed by atoms with Crippen molar-refractivity contribution >= 4 is 5.69 Å². The van der Waals surface area contributed by atoms with Gasteiger partial charge < -0.3 is 15.4 Å². The van der Waals surface area contributed by atoms with Gasteiger partial charge in [0.15, 0.2) is 0 Å². The van der Waals surface area contributed by atoms with E-state index in [0.717, 1.165) is 32.1 Å². The average Bonchev–Trinajstić information content (AvgIpc) is 3.27. The predicted octanol–water partition coefficient (Wildman–Crippen LogP) is 2.96. The second kappa shape index (κ2) is 6.92. The van der Waals surface area contributed by atoms with E-state index in [1.54, 1.807) is 0 Å². The smallest absolute Gasteiger partial charge is 0.0641 e. The van der Waals surface area contributed by atoms with Crippen LogP contribution in [0.25, 0.3) is 0 Å². The quantitative estimate of drug-likeness (QED) is 0.732. The number of nitrogens with zero attached hydrogens (tertiary/aromatic N) is 1. The SMILES string of the molecule is CC[C@H](N)c1ccc(N(C)CCOCC2CC2)cc1. The van der Waals surface area contributed by atoms with Gasteiger partial charge in [-0.05, 0) is 42.9 Å². The molecule has 0 heterocycles. The number of hydrogen-bond donors (Lipinski definition) is 1. The van der Waals surface area contributed by atoms with Crippen molar-refractivity contribution in [3.63, 3.8) is 0 Å². The van der Waals surface area contributed by atoms with Crippen LogP contribution in [-0.4, -0.2) is 26.8 Å². The molecule has 0 amide bonds. The number of hydrogen-bond acceptors (Lipinski definition) is 3. The Kier molecular flexibility index (Phi) is 5.23. The number of rotatable bonds is 8. The van der Waals surface area contributed by atoms with Crippen molar-refractivity contribution < 1.29 is 4.74 Å². The Hall–Kier alpha value is -1.06. The highest BCUT2D eigenvalue weighted by atomic mass is 16.5. The molecule has 3 nitrogen and oxygen atoms in total. The van der Waals surface area contributed by atoms with Gasteiger partial charge in [0.05, 0.1) is 6.61 Å². The molecular formula is C16H26N2O. The summed E-state index contributed by atoms with van der Waals surface area (Å²) in [6, 6.07) is 8.70. The third-order valence-electron chi connectivity index (χ3n) is 3.82. The third-order valence-corrected chi connectivity index (χ3v) is 3.82. The van der Waals surface area contributed by atoms with Crippen molar-refractivity contribution in [2.75, 3.05) is 31.7 Å². The molecular weight excluding hydrogens is 236 g/mol. The van der Waals surface area contributed by atoms with Gasteiger partial charge in [0.2, 0.25) is 0 Å². The van der Waals surface area contributed by atoms with Crippen LogP contribution in [0, 0.1) is 5.92 Å². The monoisotopic (exact) mass is 262 g/mol. The first-order valence-corrected chi connectivity index (χ1v) is 7.35. The molecule has 0 spiro atoms. The molecule has 2 rings (SSSR count). The lowest BCUT2D eigenvalue weighted by molar-refractivity contribution is 0.131. The summed E-state index contributed by atoms with van der Waals surface area (Å²) >= 11 is 0. The molecule has 0 radical (unpaired) electrons. The summed E-state index contributed by atoms with van der Waals surface area (Å²) < 4.78 is 5.67. The van der Waals surface area contributed by atoms with Crippen LogP contribution >= 0.6 is 0 Å². The molecule has 1 saturated carbocycles. The second-order valence-corrected chi connectivity index (χ2v) is 5.55. The second-order valence-electron chi connectivity index (χ2n) is 5.55. The van der Waals surface area contributed by atoms with Crippen molar-refractivity contribution in [3.8, 4) is 0 Å². The van der Waals surface area contributed by atoms with Crippen LogP contribution in [-0.2, 0) is 4.74 Å². The maximum absolute atomic E-state index is 6.02. The Morgan fingerprint density at radius 2 is 2.00 bits per heavy atom. The average molecular weight is 262 g/mol. The molecule has 0 bridgehead atoms. The fourth-order valence-corrected chi connectivity index (χ4v) is 2.08. The summed E-state index contributed by atoms with van der Waals surface area (Å²) in [6.45, 7) is 4.80. The van der Waals surface area contributed by atoms with E-state index in [0.29, 0.717) is 0 Å².